The summed E-state index contributed by atoms with van der Waals surface area (Å²) in [5, 5.41) is 3.09. The number of benzene rings is 2. The van der Waals surface area contributed by atoms with Crippen LogP contribution in [0.5, 0.6) is 0 Å². The number of hydrogen-bond donors (Lipinski definition) is 1. The number of carbonyl (C=O) groups excluding carboxylic acids is 2. The average Bonchev–Trinajstić information content (AvgIpc) is 2.63. The van der Waals surface area contributed by atoms with Crippen LogP contribution < -0.4 is 9.62 Å². The lowest BCUT2D eigenvalue weighted by Gasteiger charge is -2.22. The minimum absolute atomic E-state index is 0.170. The van der Waals surface area contributed by atoms with E-state index in [9.17, 15) is 18.0 Å². The molecule has 29 heavy (non-hydrogen) atoms. The molecule has 0 radical (unpaired) electrons. The van der Waals surface area contributed by atoms with Gasteiger partial charge in [0.05, 0.1) is 34.2 Å². The van der Waals surface area contributed by atoms with Gasteiger partial charge in [0.2, 0.25) is 15.9 Å². The van der Waals surface area contributed by atoms with Gasteiger partial charge in [0, 0.05) is 5.69 Å². The molecular weight excluding hydrogens is 439 g/mol. The van der Waals surface area contributed by atoms with Crippen molar-refractivity contribution < 1.29 is 22.7 Å². The lowest BCUT2D eigenvalue weighted by atomic mass is 10.1. The van der Waals surface area contributed by atoms with Crippen molar-refractivity contribution in [2.45, 2.75) is 13.8 Å². The summed E-state index contributed by atoms with van der Waals surface area (Å²) in [6.07, 6.45) is 0.988. The van der Waals surface area contributed by atoms with Gasteiger partial charge >= 0.3 is 5.97 Å². The molecule has 2 aromatic carbocycles. The Balaban J connectivity index is 2.20. The van der Waals surface area contributed by atoms with Gasteiger partial charge in [-0.2, -0.15) is 0 Å². The topological polar surface area (TPSA) is 92.8 Å². The van der Waals surface area contributed by atoms with E-state index in [1.54, 1.807) is 26.0 Å². The third-order valence-corrected chi connectivity index (χ3v) is 5.77. The number of anilines is 2. The maximum absolute atomic E-state index is 12.5. The zero-order valence-electron chi connectivity index (χ0n) is 16.0. The van der Waals surface area contributed by atoms with Crippen molar-refractivity contribution in [1.82, 2.24) is 0 Å². The van der Waals surface area contributed by atoms with Gasteiger partial charge in [-0.1, -0.05) is 23.2 Å². The van der Waals surface area contributed by atoms with E-state index in [1.807, 2.05) is 0 Å². The molecule has 0 saturated heterocycles. The van der Waals surface area contributed by atoms with Crippen LogP contribution in [0.3, 0.4) is 0 Å². The molecule has 0 aromatic heterocycles. The van der Waals surface area contributed by atoms with Crippen molar-refractivity contribution >= 4 is 56.5 Å². The van der Waals surface area contributed by atoms with E-state index in [4.69, 9.17) is 27.9 Å². The van der Waals surface area contributed by atoms with Crippen LogP contribution >= 0.6 is 23.2 Å². The number of amides is 1. The van der Waals surface area contributed by atoms with Crippen LogP contribution in [0.25, 0.3) is 0 Å². The molecule has 0 heterocycles. The number of esters is 1. The van der Waals surface area contributed by atoms with Crippen LogP contribution in [0.1, 0.15) is 22.8 Å². The van der Waals surface area contributed by atoms with Crippen molar-refractivity contribution in [1.29, 1.82) is 0 Å². The van der Waals surface area contributed by atoms with Crippen molar-refractivity contribution in [2.24, 2.45) is 0 Å². The van der Waals surface area contributed by atoms with Gasteiger partial charge < -0.3 is 10.1 Å². The van der Waals surface area contributed by atoms with Gasteiger partial charge in [0.1, 0.15) is 6.54 Å². The van der Waals surface area contributed by atoms with Crippen molar-refractivity contribution in [3.05, 3.63) is 57.6 Å². The number of carbonyl (C=O) groups is 2. The highest BCUT2D eigenvalue weighted by molar-refractivity contribution is 7.92. The second kappa shape index (κ2) is 9.47. The fraction of sp³-hybridized carbons (Fsp3) is 0.263. The molecular formula is C19H20Cl2N2O5S. The fourth-order valence-electron chi connectivity index (χ4n) is 2.51. The van der Waals surface area contributed by atoms with Crippen LogP contribution in [-0.2, 0) is 19.6 Å². The number of nitrogens with zero attached hydrogens (tertiary/aromatic N) is 1. The molecule has 10 heteroatoms. The number of sulfonamides is 1. The zero-order chi connectivity index (χ0) is 21.8. The van der Waals surface area contributed by atoms with Crippen molar-refractivity contribution in [2.75, 3.05) is 29.0 Å². The van der Waals surface area contributed by atoms with Gasteiger partial charge in [0.15, 0.2) is 0 Å². The normalized spacial score (nSPS) is 11.1. The molecule has 7 nitrogen and oxygen atoms in total. The Labute approximate surface area is 179 Å². The quantitative estimate of drug-likeness (QED) is 0.635. The monoisotopic (exact) mass is 458 g/mol. The Morgan fingerprint density at radius 3 is 2.34 bits per heavy atom. The standard InChI is InChI=1S/C19H20Cl2N2O5S/c1-4-28-19(25)13-5-8-17(12(2)9-13)22-18(24)11-23(29(3,26)27)14-6-7-15(20)16(21)10-14/h5-10H,4,11H2,1-3H3,(H,22,24). The van der Waals surface area contributed by atoms with Crippen LogP contribution in [-0.4, -0.2) is 39.7 Å². The highest BCUT2D eigenvalue weighted by Gasteiger charge is 2.22. The molecule has 156 valence electrons. The first-order valence-corrected chi connectivity index (χ1v) is 11.1. The third-order valence-electron chi connectivity index (χ3n) is 3.89. The predicted molar refractivity (Wildman–Crippen MR) is 114 cm³/mol. The summed E-state index contributed by atoms with van der Waals surface area (Å²) in [6, 6.07) is 8.95. The second-order valence-electron chi connectivity index (χ2n) is 6.17. The highest BCUT2D eigenvalue weighted by Crippen LogP contribution is 2.28. The first-order valence-electron chi connectivity index (χ1n) is 8.53. The van der Waals surface area contributed by atoms with Gasteiger partial charge in [-0.15, -0.1) is 0 Å². The molecule has 2 rings (SSSR count). The van der Waals surface area contributed by atoms with E-state index >= 15 is 0 Å². The summed E-state index contributed by atoms with van der Waals surface area (Å²) in [7, 11) is -3.76. The lowest BCUT2D eigenvalue weighted by Crippen LogP contribution is -2.37. The van der Waals surface area contributed by atoms with Gasteiger partial charge in [-0.05, 0) is 55.8 Å². The Bertz CT molecular complexity index is 1040. The summed E-state index contributed by atoms with van der Waals surface area (Å²) in [5.74, 6) is -1.02. The number of aryl methyl sites for hydroxylation is 1. The van der Waals surface area contributed by atoms with Crippen LogP contribution in [0.2, 0.25) is 10.0 Å². The largest absolute Gasteiger partial charge is 0.462 e. The van der Waals surface area contributed by atoms with E-state index in [2.05, 4.69) is 5.32 Å². The zero-order valence-corrected chi connectivity index (χ0v) is 18.4. The molecule has 0 saturated carbocycles. The first-order chi connectivity index (χ1) is 13.5. The van der Waals surface area contributed by atoms with E-state index < -0.39 is 28.4 Å². The molecule has 0 spiro atoms. The Hall–Kier alpha value is -2.29. The number of ether oxygens (including phenoxy) is 1. The van der Waals surface area contributed by atoms with Crippen molar-refractivity contribution in [3.63, 3.8) is 0 Å². The summed E-state index contributed by atoms with van der Waals surface area (Å²) in [4.78, 5) is 24.3. The second-order valence-corrected chi connectivity index (χ2v) is 8.89. The van der Waals surface area contributed by atoms with Crippen LogP contribution in [0.15, 0.2) is 36.4 Å². The molecule has 2 aromatic rings. The summed E-state index contributed by atoms with van der Waals surface area (Å²) in [6.45, 7) is 3.22. The fourth-order valence-corrected chi connectivity index (χ4v) is 3.65. The van der Waals surface area contributed by atoms with Crippen LogP contribution in [0.4, 0.5) is 11.4 Å². The Morgan fingerprint density at radius 2 is 1.79 bits per heavy atom. The highest BCUT2D eigenvalue weighted by atomic mass is 35.5. The summed E-state index contributed by atoms with van der Waals surface area (Å²) < 4.78 is 30.2. The molecule has 1 amide bonds. The van der Waals surface area contributed by atoms with E-state index in [0.29, 0.717) is 16.8 Å². The van der Waals surface area contributed by atoms with E-state index in [1.165, 1.54) is 24.3 Å². The molecule has 0 atom stereocenters. The molecule has 0 unspecified atom stereocenters. The van der Waals surface area contributed by atoms with Crippen molar-refractivity contribution in [3.8, 4) is 0 Å². The molecule has 1 N–H and O–H groups in total. The SMILES string of the molecule is CCOC(=O)c1ccc(NC(=O)CN(c2ccc(Cl)c(Cl)c2)S(C)(=O)=O)c(C)c1. The molecule has 0 fully saturated rings. The Kier molecular flexibility index (Phi) is 7.51. The van der Waals surface area contributed by atoms with Gasteiger partial charge in [-0.25, -0.2) is 13.2 Å². The minimum Gasteiger partial charge on any atom is -0.462 e. The van der Waals surface area contributed by atoms with E-state index in [0.717, 1.165) is 10.6 Å². The van der Waals surface area contributed by atoms with Gasteiger partial charge in [-0.3, -0.25) is 9.10 Å². The maximum atomic E-state index is 12.5. The number of hydrogen-bond acceptors (Lipinski definition) is 5. The minimum atomic E-state index is -3.76. The number of rotatable bonds is 7. The molecule has 0 aliphatic carbocycles. The first kappa shape index (κ1) is 23.0. The Morgan fingerprint density at radius 1 is 1.10 bits per heavy atom. The van der Waals surface area contributed by atoms with Crippen LogP contribution in [0, 0.1) is 6.92 Å². The molecule has 0 bridgehead atoms. The smallest absolute Gasteiger partial charge is 0.338 e. The number of halogens is 2. The average molecular weight is 459 g/mol. The molecule has 0 aliphatic heterocycles. The summed E-state index contributed by atoms with van der Waals surface area (Å²) in [5.41, 5.74) is 1.65. The molecule has 0 aliphatic rings. The predicted octanol–water partition coefficient (Wildman–Crippen LogP) is 3.88. The third kappa shape index (κ3) is 6.09. The van der Waals surface area contributed by atoms with E-state index in [-0.39, 0.29) is 22.3 Å². The number of nitrogens with one attached hydrogen (secondary N) is 1. The maximum Gasteiger partial charge on any atom is 0.338 e. The summed E-state index contributed by atoms with van der Waals surface area (Å²) >= 11 is 11.8. The lowest BCUT2D eigenvalue weighted by molar-refractivity contribution is -0.114. The van der Waals surface area contributed by atoms with Gasteiger partial charge in [0.25, 0.3) is 0 Å².